The number of rotatable bonds is 2. The quantitative estimate of drug-likeness (QED) is 0.895. The number of carbonyl (C=O) groups excluding carboxylic acids is 1. The first-order valence-corrected chi connectivity index (χ1v) is 6.22. The summed E-state index contributed by atoms with van der Waals surface area (Å²) in [6.07, 6.45) is 2.18. The number of hydrogen-bond donors (Lipinski definition) is 1. The lowest BCUT2D eigenvalue weighted by Gasteiger charge is -2.25. The lowest BCUT2D eigenvalue weighted by atomic mass is 10.0. The van der Waals surface area contributed by atoms with Crippen molar-refractivity contribution >= 4 is 18.3 Å². The number of nitrogens with zero attached hydrogens (tertiary/aromatic N) is 1. The van der Waals surface area contributed by atoms with Gasteiger partial charge in [-0.2, -0.15) is 0 Å². The highest BCUT2D eigenvalue weighted by Gasteiger charge is 2.29. The average molecular weight is 269 g/mol. The lowest BCUT2D eigenvalue weighted by molar-refractivity contribution is -0.133. The van der Waals surface area contributed by atoms with Crippen molar-refractivity contribution in [3.63, 3.8) is 0 Å². The Morgan fingerprint density at radius 2 is 2.00 bits per heavy atom. The smallest absolute Gasteiger partial charge is 0.244 e. The Kier molecular flexibility index (Phi) is 5.17. The number of aryl methyl sites for hydroxylation is 1. The van der Waals surface area contributed by atoms with Gasteiger partial charge in [0.25, 0.3) is 0 Å². The van der Waals surface area contributed by atoms with Crippen LogP contribution in [0.4, 0.5) is 0 Å². The zero-order valence-corrected chi connectivity index (χ0v) is 11.7. The first kappa shape index (κ1) is 15.0. The standard InChI is InChI=1S/C14H20N2O.ClH/c1-10-5-7-12(8-6-10)13(15)14(17)16-9-3-4-11(16)2;/h5-8,11,13H,3-4,9,15H2,1-2H3;1H. The molecule has 1 aromatic rings. The van der Waals surface area contributed by atoms with E-state index in [0.29, 0.717) is 6.04 Å². The molecule has 18 heavy (non-hydrogen) atoms. The summed E-state index contributed by atoms with van der Waals surface area (Å²) in [6, 6.07) is 7.69. The minimum atomic E-state index is -0.517. The minimum absolute atomic E-state index is 0. The van der Waals surface area contributed by atoms with Crippen LogP contribution in [0, 0.1) is 6.92 Å². The topological polar surface area (TPSA) is 46.3 Å². The highest BCUT2D eigenvalue weighted by molar-refractivity contribution is 5.85. The van der Waals surface area contributed by atoms with Crippen molar-refractivity contribution in [2.24, 2.45) is 5.73 Å². The number of amides is 1. The van der Waals surface area contributed by atoms with Crippen molar-refractivity contribution in [2.75, 3.05) is 6.54 Å². The van der Waals surface area contributed by atoms with Gasteiger partial charge >= 0.3 is 0 Å². The molecule has 1 aromatic carbocycles. The summed E-state index contributed by atoms with van der Waals surface area (Å²) in [5, 5.41) is 0. The molecule has 0 spiro atoms. The van der Waals surface area contributed by atoms with Gasteiger partial charge in [-0.3, -0.25) is 4.79 Å². The number of likely N-dealkylation sites (tertiary alicyclic amines) is 1. The maximum atomic E-state index is 12.2. The van der Waals surface area contributed by atoms with E-state index in [1.807, 2.05) is 36.1 Å². The molecule has 1 aliphatic rings. The van der Waals surface area contributed by atoms with Gasteiger partial charge in [-0.15, -0.1) is 12.4 Å². The van der Waals surface area contributed by atoms with Gasteiger partial charge in [-0.05, 0) is 32.3 Å². The van der Waals surface area contributed by atoms with Gasteiger partial charge in [0.15, 0.2) is 0 Å². The average Bonchev–Trinajstić information content (AvgIpc) is 2.74. The van der Waals surface area contributed by atoms with Gasteiger partial charge in [0.1, 0.15) is 6.04 Å². The summed E-state index contributed by atoms with van der Waals surface area (Å²) in [7, 11) is 0. The second-order valence-electron chi connectivity index (χ2n) is 4.91. The molecule has 0 saturated carbocycles. The second kappa shape index (κ2) is 6.21. The van der Waals surface area contributed by atoms with Crippen LogP contribution in [-0.4, -0.2) is 23.4 Å². The fourth-order valence-electron chi connectivity index (χ4n) is 2.36. The highest BCUT2D eigenvalue weighted by Crippen LogP contribution is 2.21. The van der Waals surface area contributed by atoms with Crippen LogP contribution >= 0.6 is 12.4 Å². The van der Waals surface area contributed by atoms with Crippen LogP contribution in [-0.2, 0) is 4.79 Å². The molecule has 1 amide bonds. The fraction of sp³-hybridized carbons (Fsp3) is 0.500. The summed E-state index contributed by atoms with van der Waals surface area (Å²) in [5.74, 6) is 0.0545. The SMILES string of the molecule is Cc1ccc(C(N)C(=O)N2CCCC2C)cc1.Cl. The Labute approximate surface area is 115 Å². The van der Waals surface area contributed by atoms with E-state index in [1.54, 1.807) is 0 Å². The van der Waals surface area contributed by atoms with Crippen LogP contribution in [0.3, 0.4) is 0 Å². The van der Waals surface area contributed by atoms with E-state index in [4.69, 9.17) is 5.73 Å². The fourth-order valence-corrected chi connectivity index (χ4v) is 2.36. The van der Waals surface area contributed by atoms with E-state index >= 15 is 0 Å². The molecule has 100 valence electrons. The molecule has 1 saturated heterocycles. The molecule has 0 aliphatic carbocycles. The van der Waals surface area contributed by atoms with Crippen LogP contribution in [0.15, 0.2) is 24.3 Å². The molecular formula is C14H21ClN2O. The van der Waals surface area contributed by atoms with Crippen molar-refractivity contribution in [3.05, 3.63) is 35.4 Å². The predicted octanol–water partition coefficient (Wildman–Crippen LogP) is 2.43. The largest absolute Gasteiger partial charge is 0.338 e. The third-order valence-electron chi connectivity index (χ3n) is 3.54. The van der Waals surface area contributed by atoms with Crippen molar-refractivity contribution in [1.29, 1.82) is 0 Å². The molecule has 0 bridgehead atoms. The highest BCUT2D eigenvalue weighted by atomic mass is 35.5. The molecule has 1 heterocycles. The molecule has 2 unspecified atom stereocenters. The van der Waals surface area contributed by atoms with Gasteiger partial charge < -0.3 is 10.6 Å². The summed E-state index contributed by atoms with van der Waals surface area (Å²) in [6.45, 7) is 4.96. The van der Waals surface area contributed by atoms with E-state index in [-0.39, 0.29) is 18.3 Å². The van der Waals surface area contributed by atoms with Gasteiger partial charge in [0.05, 0.1) is 0 Å². The molecular weight excluding hydrogens is 248 g/mol. The zero-order valence-electron chi connectivity index (χ0n) is 10.9. The lowest BCUT2D eigenvalue weighted by Crippen LogP contribution is -2.40. The molecule has 2 rings (SSSR count). The first-order valence-electron chi connectivity index (χ1n) is 6.22. The van der Waals surface area contributed by atoms with E-state index in [1.165, 1.54) is 5.56 Å². The second-order valence-corrected chi connectivity index (χ2v) is 4.91. The molecule has 2 atom stereocenters. The predicted molar refractivity (Wildman–Crippen MR) is 75.8 cm³/mol. The number of benzene rings is 1. The molecule has 4 heteroatoms. The summed E-state index contributed by atoms with van der Waals surface area (Å²) in [4.78, 5) is 14.1. The van der Waals surface area contributed by atoms with E-state index in [2.05, 4.69) is 6.92 Å². The molecule has 1 aliphatic heterocycles. The van der Waals surface area contributed by atoms with Crippen molar-refractivity contribution < 1.29 is 4.79 Å². The van der Waals surface area contributed by atoms with Crippen LogP contribution in [0.25, 0.3) is 0 Å². The Morgan fingerprint density at radius 1 is 1.39 bits per heavy atom. The number of nitrogens with two attached hydrogens (primary N) is 1. The van der Waals surface area contributed by atoms with Crippen molar-refractivity contribution in [2.45, 2.75) is 38.8 Å². The van der Waals surface area contributed by atoms with E-state index < -0.39 is 6.04 Å². The Morgan fingerprint density at radius 3 is 2.50 bits per heavy atom. The Bertz CT molecular complexity index is 405. The van der Waals surface area contributed by atoms with E-state index in [0.717, 1.165) is 24.9 Å². The van der Waals surface area contributed by atoms with Gasteiger partial charge in [0, 0.05) is 12.6 Å². The zero-order chi connectivity index (χ0) is 12.4. The maximum Gasteiger partial charge on any atom is 0.244 e. The van der Waals surface area contributed by atoms with Gasteiger partial charge in [-0.1, -0.05) is 29.8 Å². The number of halogens is 1. The maximum absolute atomic E-state index is 12.2. The van der Waals surface area contributed by atoms with Crippen LogP contribution < -0.4 is 5.73 Å². The van der Waals surface area contributed by atoms with Crippen LogP contribution in [0.2, 0.25) is 0 Å². The number of carbonyl (C=O) groups is 1. The van der Waals surface area contributed by atoms with Crippen LogP contribution in [0.1, 0.15) is 36.9 Å². The Balaban J connectivity index is 0.00000162. The summed E-state index contributed by atoms with van der Waals surface area (Å²) in [5.41, 5.74) is 8.13. The third-order valence-corrected chi connectivity index (χ3v) is 3.54. The monoisotopic (exact) mass is 268 g/mol. The van der Waals surface area contributed by atoms with Gasteiger partial charge in [0.2, 0.25) is 5.91 Å². The molecule has 3 nitrogen and oxygen atoms in total. The van der Waals surface area contributed by atoms with Crippen molar-refractivity contribution in [1.82, 2.24) is 4.90 Å². The third kappa shape index (κ3) is 3.03. The first-order chi connectivity index (χ1) is 8.09. The van der Waals surface area contributed by atoms with Crippen molar-refractivity contribution in [3.8, 4) is 0 Å². The molecule has 0 aromatic heterocycles. The molecule has 1 fully saturated rings. The van der Waals surface area contributed by atoms with Crippen LogP contribution in [0.5, 0.6) is 0 Å². The van der Waals surface area contributed by atoms with Gasteiger partial charge in [-0.25, -0.2) is 0 Å². The number of hydrogen-bond acceptors (Lipinski definition) is 2. The molecule has 2 N–H and O–H groups in total. The van der Waals surface area contributed by atoms with E-state index in [9.17, 15) is 4.79 Å². The summed E-state index contributed by atoms with van der Waals surface area (Å²) >= 11 is 0. The minimum Gasteiger partial charge on any atom is -0.338 e. The Hall–Kier alpha value is -1.06. The normalized spacial score (nSPS) is 20.4. The molecule has 0 radical (unpaired) electrons. The summed E-state index contributed by atoms with van der Waals surface area (Å²) < 4.78 is 0.